The van der Waals surface area contributed by atoms with Crippen LogP contribution in [0.2, 0.25) is 5.02 Å². The van der Waals surface area contributed by atoms with Crippen LogP contribution in [0.1, 0.15) is 24.9 Å². The molecule has 0 aliphatic heterocycles. The Morgan fingerprint density at radius 1 is 1.25 bits per heavy atom. The van der Waals surface area contributed by atoms with Gasteiger partial charge in [0.05, 0.1) is 23.1 Å². The van der Waals surface area contributed by atoms with E-state index in [0.717, 1.165) is 29.4 Å². The first kappa shape index (κ1) is 15.3. The first-order valence-corrected chi connectivity index (χ1v) is 8.31. The van der Waals surface area contributed by atoms with Crippen molar-refractivity contribution in [3.8, 4) is 0 Å². The summed E-state index contributed by atoms with van der Waals surface area (Å²) in [4.78, 5) is 0.722. The molecule has 1 N–H and O–H groups in total. The van der Waals surface area contributed by atoms with Crippen LogP contribution in [0.25, 0.3) is 0 Å². The largest absolute Gasteiger partial charge is 0.464 e. The van der Waals surface area contributed by atoms with Crippen molar-refractivity contribution in [3.63, 3.8) is 0 Å². The molecule has 0 aliphatic carbocycles. The molecule has 1 heterocycles. The van der Waals surface area contributed by atoms with E-state index in [1.54, 1.807) is 18.2 Å². The summed E-state index contributed by atoms with van der Waals surface area (Å²) in [5.74, 6) is 1.97. The summed E-state index contributed by atoms with van der Waals surface area (Å²) >= 11 is 5.90. The number of furan rings is 1. The fraction of sp³-hybridized carbons (Fsp3) is 0.333. The molecule has 5 heteroatoms. The minimum Gasteiger partial charge on any atom is -0.464 e. The number of rotatable bonds is 7. The Bertz CT molecular complexity index is 583. The molecule has 0 fully saturated rings. The van der Waals surface area contributed by atoms with Crippen LogP contribution in [-0.4, -0.2) is 10.8 Å². The van der Waals surface area contributed by atoms with Gasteiger partial charge in [-0.3, -0.25) is 4.21 Å². The Morgan fingerprint density at radius 3 is 2.80 bits per heavy atom. The molecule has 0 bridgehead atoms. The number of nitrogens with one attached hydrogen (secondary N) is 1. The summed E-state index contributed by atoms with van der Waals surface area (Å²) in [5.41, 5.74) is 0. The maximum Gasteiger partial charge on any atom is 0.118 e. The van der Waals surface area contributed by atoms with E-state index < -0.39 is 10.8 Å². The Labute approximate surface area is 126 Å². The summed E-state index contributed by atoms with van der Waals surface area (Å²) in [6, 6.07) is 10.9. The van der Waals surface area contributed by atoms with E-state index in [9.17, 15) is 4.21 Å². The maximum atomic E-state index is 12.2. The van der Waals surface area contributed by atoms with Gasteiger partial charge in [-0.1, -0.05) is 24.6 Å². The van der Waals surface area contributed by atoms with Crippen LogP contribution in [0.15, 0.2) is 45.7 Å². The van der Waals surface area contributed by atoms with Crippen molar-refractivity contribution in [2.75, 3.05) is 6.54 Å². The van der Waals surface area contributed by atoms with Gasteiger partial charge >= 0.3 is 0 Å². The molecule has 2 rings (SSSR count). The first-order chi connectivity index (χ1) is 9.69. The molecular formula is C15H18ClNO2S. The second-order valence-electron chi connectivity index (χ2n) is 4.49. The highest BCUT2D eigenvalue weighted by Crippen LogP contribution is 2.18. The van der Waals surface area contributed by atoms with Crippen LogP contribution < -0.4 is 5.32 Å². The smallest absolute Gasteiger partial charge is 0.118 e. The lowest BCUT2D eigenvalue weighted by Gasteiger charge is -2.01. The second kappa shape index (κ2) is 7.62. The minimum absolute atomic E-state index is 0.369. The highest BCUT2D eigenvalue weighted by atomic mass is 35.5. The highest BCUT2D eigenvalue weighted by Gasteiger charge is 2.09. The molecule has 1 aromatic heterocycles. The third-order valence-corrected chi connectivity index (χ3v) is 4.34. The average molecular weight is 312 g/mol. The van der Waals surface area contributed by atoms with Gasteiger partial charge in [-0.15, -0.1) is 0 Å². The molecule has 0 radical (unpaired) electrons. The van der Waals surface area contributed by atoms with Crippen LogP contribution in [0.4, 0.5) is 0 Å². The molecular weight excluding hydrogens is 294 g/mol. The Morgan fingerprint density at radius 2 is 2.05 bits per heavy atom. The van der Waals surface area contributed by atoms with Crippen LogP contribution in [0.3, 0.4) is 0 Å². The Kier molecular flexibility index (Phi) is 5.83. The van der Waals surface area contributed by atoms with Crippen LogP contribution in [-0.2, 0) is 23.1 Å². The normalized spacial score (nSPS) is 12.5. The summed E-state index contributed by atoms with van der Waals surface area (Å²) < 4.78 is 17.9. The van der Waals surface area contributed by atoms with Crippen molar-refractivity contribution in [3.05, 3.63) is 52.9 Å². The molecule has 0 saturated heterocycles. The summed E-state index contributed by atoms with van der Waals surface area (Å²) in [6.07, 6.45) is 1.09. The van der Waals surface area contributed by atoms with Gasteiger partial charge in [-0.2, -0.15) is 0 Å². The van der Waals surface area contributed by atoms with E-state index in [0.29, 0.717) is 17.3 Å². The van der Waals surface area contributed by atoms with E-state index in [2.05, 4.69) is 12.2 Å². The zero-order valence-electron chi connectivity index (χ0n) is 11.4. The van der Waals surface area contributed by atoms with E-state index in [-0.39, 0.29) is 0 Å². The van der Waals surface area contributed by atoms with Crippen molar-refractivity contribution in [2.45, 2.75) is 30.5 Å². The molecule has 0 saturated carbocycles. The average Bonchev–Trinajstić information content (AvgIpc) is 2.86. The molecule has 2 aromatic rings. The van der Waals surface area contributed by atoms with Gasteiger partial charge in [0.15, 0.2) is 0 Å². The SMILES string of the molecule is CCCNCc1ccc(CS(=O)c2cccc(Cl)c2)o1. The number of hydrogen-bond acceptors (Lipinski definition) is 3. The fourth-order valence-corrected chi connectivity index (χ4v) is 3.13. The lowest BCUT2D eigenvalue weighted by Crippen LogP contribution is -2.13. The predicted molar refractivity (Wildman–Crippen MR) is 82.3 cm³/mol. The summed E-state index contributed by atoms with van der Waals surface area (Å²) in [6.45, 7) is 3.79. The highest BCUT2D eigenvalue weighted by molar-refractivity contribution is 7.84. The minimum atomic E-state index is -1.14. The van der Waals surface area contributed by atoms with E-state index in [1.807, 2.05) is 18.2 Å². The monoisotopic (exact) mass is 311 g/mol. The molecule has 1 atom stereocenters. The Hall–Kier alpha value is -1.10. The van der Waals surface area contributed by atoms with Gasteiger partial charge in [0.1, 0.15) is 11.5 Å². The van der Waals surface area contributed by atoms with Gasteiger partial charge in [0.25, 0.3) is 0 Å². The first-order valence-electron chi connectivity index (χ1n) is 6.61. The number of hydrogen-bond donors (Lipinski definition) is 1. The van der Waals surface area contributed by atoms with Crippen LogP contribution in [0.5, 0.6) is 0 Å². The van der Waals surface area contributed by atoms with E-state index >= 15 is 0 Å². The molecule has 0 spiro atoms. The lowest BCUT2D eigenvalue weighted by atomic mass is 10.4. The summed E-state index contributed by atoms with van der Waals surface area (Å²) in [7, 11) is -1.14. The standard InChI is InChI=1S/C15H18ClNO2S/c1-2-8-17-10-13-6-7-14(19-13)11-20(18)15-5-3-4-12(16)9-15/h3-7,9,17H,2,8,10-11H2,1H3. The maximum absolute atomic E-state index is 12.2. The zero-order valence-corrected chi connectivity index (χ0v) is 13.0. The zero-order chi connectivity index (χ0) is 14.4. The summed E-state index contributed by atoms with van der Waals surface area (Å²) in [5, 5.41) is 3.87. The van der Waals surface area contributed by atoms with Gasteiger partial charge < -0.3 is 9.73 Å². The quantitative estimate of drug-likeness (QED) is 0.792. The molecule has 1 aromatic carbocycles. The molecule has 108 valence electrons. The molecule has 0 amide bonds. The van der Waals surface area contributed by atoms with Crippen molar-refractivity contribution in [1.82, 2.24) is 5.32 Å². The Balaban J connectivity index is 1.94. The topological polar surface area (TPSA) is 42.2 Å². The third kappa shape index (κ3) is 4.47. The van der Waals surface area contributed by atoms with Gasteiger partial charge in [-0.25, -0.2) is 0 Å². The van der Waals surface area contributed by atoms with Crippen LogP contribution in [0, 0.1) is 0 Å². The van der Waals surface area contributed by atoms with Crippen molar-refractivity contribution in [2.24, 2.45) is 0 Å². The third-order valence-electron chi connectivity index (χ3n) is 2.78. The molecule has 0 aliphatic rings. The number of benzene rings is 1. The molecule has 3 nitrogen and oxygen atoms in total. The lowest BCUT2D eigenvalue weighted by molar-refractivity contribution is 0.458. The second-order valence-corrected chi connectivity index (χ2v) is 6.38. The fourth-order valence-electron chi connectivity index (χ4n) is 1.80. The van der Waals surface area contributed by atoms with Crippen molar-refractivity contribution < 1.29 is 8.63 Å². The molecule has 1 unspecified atom stereocenters. The van der Waals surface area contributed by atoms with Gasteiger partial charge in [0, 0.05) is 9.92 Å². The van der Waals surface area contributed by atoms with Gasteiger partial charge in [0.2, 0.25) is 0 Å². The van der Waals surface area contributed by atoms with Gasteiger partial charge in [-0.05, 0) is 43.3 Å². The van der Waals surface area contributed by atoms with Crippen LogP contribution >= 0.6 is 11.6 Å². The number of halogens is 1. The van der Waals surface area contributed by atoms with E-state index in [4.69, 9.17) is 16.0 Å². The van der Waals surface area contributed by atoms with E-state index in [1.165, 1.54) is 0 Å². The van der Waals surface area contributed by atoms with Crippen molar-refractivity contribution in [1.29, 1.82) is 0 Å². The predicted octanol–water partition coefficient (Wildman–Crippen LogP) is 3.74. The molecule has 20 heavy (non-hydrogen) atoms. The van der Waals surface area contributed by atoms with Crippen molar-refractivity contribution >= 4 is 22.4 Å².